The molecule has 1 aliphatic rings. The number of ether oxygens (including phenoxy) is 1. The van der Waals surface area contributed by atoms with Crippen LogP contribution in [0.25, 0.3) is 0 Å². The van der Waals surface area contributed by atoms with Gasteiger partial charge in [-0.05, 0) is 50.9 Å². The van der Waals surface area contributed by atoms with Crippen molar-refractivity contribution in [1.82, 2.24) is 9.88 Å². The van der Waals surface area contributed by atoms with E-state index in [1.165, 1.54) is 30.1 Å². The second-order valence-electron chi connectivity index (χ2n) is 6.27. The quantitative estimate of drug-likeness (QED) is 0.643. The summed E-state index contributed by atoms with van der Waals surface area (Å²) in [7, 11) is 0. The van der Waals surface area contributed by atoms with Gasteiger partial charge in [0.2, 0.25) is 5.88 Å². The van der Waals surface area contributed by atoms with Crippen LogP contribution in [0.4, 0.5) is 13.2 Å². The van der Waals surface area contributed by atoms with E-state index in [0.29, 0.717) is 30.5 Å². The summed E-state index contributed by atoms with van der Waals surface area (Å²) in [5.74, 6) is 0.171. The number of aliphatic imine (C=N–C) groups is 1. The van der Waals surface area contributed by atoms with Gasteiger partial charge < -0.3 is 10.5 Å². The van der Waals surface area contributed by atoms with E-state index in [4.69, 9.17) is 10.5 Å². The number of piperidine rings is 1. The summed E-state index contributed by atoms with van der Waals surface area (Å²) in [6, 6.07) is 2.21. The molecular weight excluding hydrogens is 377 g/mol. The van der Waals surface area contributed by atoms with E-state index in [1.807, 2.05) is 0 Å². The Morgan fingerprint density at radius 1 is 1.48 bits per heavy atom. The van der Waals surface area contributed by atoms with E-state index in [1.54, 1.807) is 6.26 Å². The molecule has 2 heterocycles. The van der Waals surface area contributed by atoms with E-state index in [9.17, 15) is 13.2 Å². The summed E-state index contributed by atoms with van der Waals surface area (Å²) in [4.78, 5) is 10.1. The Hall–Kier alpha value is -1.58. The van der Waals surface area contributed by atoms with Gasteiger partial charge in [-0.25, -0.2) is 18.2 Å². The monoisotopic (exact) mass is 402 g/mol. The highest BCUT2D eigenvalue weighted by molar-refractivity contribution is 8.02. The molecule has 0 amide bonds. The number of thioether (sulfide) groups is 1. The Morgan fingerprint density at radius 2 is 2.19 bits per heavy atom. The number of likely N-dealkylation sites (tertiary alicyclic amines) is 1. The largest absolute Gasteiger partial charge is 0.477 e. The summed E-state index contributed by atoms with van der Waals surface area (Å²) >= 11 is 1.24. The number of alkyl halides is 2. The average molecular weight is 402 g/mol. The fraction of sp³-hybridized carbons (Fsp3) is 0.556. The molecule has 5 nitrogen and oxygen atoms in total. The molecule has 9 heteroatoms. The third kappa shape index (κ3) is 5.95. The van der Waals surface area contributed by atoms with Gasteiger partial charge in [-0.3, -0.25) is 9.89 Å². The molecule has 1 aromatic heterocycles. The number of nitrogens with zero attached hydrogens (tertiary/aromatic N) is 3. The molecule has 0 spiro atoms. The summed E-state index contributed by atoms with van der Waals surface area (Å²) in [6.07, 6.45) is 2.10. The number of rotatable bonds is 9. The van der Waals surface area contributed by atoms with Crippen LogP contribution in [0.1, 0.15) is 12.8 Å². The van der Waals surface area contributed by atoms with Gasteiger partial charge >= 0.3 is 0 Å². The number of hydrogen-bond donors (Lipinski definition) is 1. The Kier molecular flexibility index (Phi) is 8.59. The minimum absolute atomic E-state index is 0.232. The van der Waals surface area contributed by atoms with Crippen LogP contribution in [-0.2, 0) is 0 Å². The van der Waals surface area contributed by atoms with Gasteiger partial charge in [-0.2, -0.15) is 0 Å². The van der Waals surface area contributed by atoms with E-state index in [-0.39, 0.29) is 30.0 Å². The number of pyridine rings is 1. The molecule has 0 radical (unpaired) electrons. The lowest BCUT2D eigenvalue weighted by Crippen LogP contribution is -2.46. The molecule has 1 saturated heterocycles. The summed E-state index contributed by atoms with van der Waals surface area (Å²) in [5, 5.41) is 0. The minimum Gasteiger partial charge on any atom is -0.477 e. The SMILES string of the molecule is C=N/C(=C(\SC)C(CN)N1CCC(COc2cc(F)ccn2)CC1)C(F)F. The van der Waals surface area contributed by atoms with Gasteiger partial charge in [0.15, 0.2) is 0 Å². The van der Waals surface area contributed by atoms with Gasteiger partial charge in [0.1, 0.15) is 11.5 Å². The predicted molar refractivity (Wildman–Crippen MR) is 103 cm³/mol. The molecule has 1 aromatic rings. The number of halogens is 3. The summed E-state index contributed by atoms with van der Waals surface area (Å²) in [6.45, 7) is 5.38. The minimum atomic E-state index is -2.68. The molecule has 2 N–H and O–H groups in total. The molecule has 1 atom stereocenters. The first kappa shape index (κ1) is 21.7. The lowest BCUT2D eigenvalue weighted by atomic mass is 9.96. The molecule has 2 rings (SSSR count). The molecule has 1 aliphatic heterocycles. The van der Waals surface area contributed by atoms with Crippen molar-refractivity contribution in [3.8, 4) is 5.88 Å². The fourth-order valence-corrected chi connectivity index (χ4v) is 4.07. The number of allylic oxidation sites excluding steroid dienone is 1. The van der Waals surface area contributed by atoms with Crippen LogP contribution in [0.2, 0.25) is 0 Å². The molecular formula is C18H25F3N4OS. The van der Waals surface area contributed by atoms with Crippen molar-refractivity contribution in [3.63, 3.8) is 0 Å². The Morgan fingerprint density at radius 3 is 2.70 bits per heavy atom. The third-order valence-electron chi connectivity index (χ3n) is 4.63. The van der Waals surface area contributed by atoms with Crippen molar-refractivity contribution in [1.29, 1.82) is 0 Å². The maximum Gasteiger partial charge on any atom is 0.281 e. The first-order valence-electron chi connectivity index (χ1n) is 8.71. The molecule has 0 aliphatic carbocycles. The molecule has 1 fully saturated rings. The zero-order chi connectivity index (χ0) is 19.8. The van der Waals surface area contributed by atoms with Crippen molar-refractivity contribution in [2.24, 2.45) is 16.6 Å². The van der Waals surface area contributed by atoms with Crippen molar-refractivity contribution in [2.45, 2.75) is 25.3 Å². The number of nitrogens with two attached hydrogens (primary N) is 1. The van der Waals surface area contributed by atoms with Crippen LogP contribution in [0.15, 0.2) is 33.9 Å². The van der Waals surface area contributed by atoms with Crippen LogP contribution in [-0.4, -0.2) is 61.6 Å². The highest BCUT2D eigenvalue weighted by Gasteiger charge is 2.30. The first-order chi connectivity index (χ1) is 13.0. The van der Waals surface area contributed by atoms with Crippen LogP contribution in [0, 0.1) is 11.7 Å². The maximum absolute atomic E-state index is 13.2. The zero-order valence-electron chi connectivity index (χ0n) is 15.3. The highest BCUT2D eigenvalue weighted by Crippen LogP contribution is 2.31. The predicted octanol–water partition coefficient (Wildman–Crippen LogP) is 3.18. The maximum atomic E-state index is 13.2. The molecule has 1 unspecified atom stereocenters. The average Bonchev–Trinajstić information content (AvgIpc) is 2.67. The molecule has 150 valence electrons. The van der Waals surface area contributed by atoms with Crippen LogP contribution in [0.3, 0.4) is 0 Å². The first-order valence-corrected chi connectivity index (χ1v) is 9.94. The van der Waals surface area contributed by atoms with Crippen molar-refractivity contribution >= 4 is 18.5 Å². The molecule has 27 heavy (non-hydrogen) atoms. The van der Waals surface area contributed by atoms with E-state index >= 15 is 0 Å². The van der Waals surface area contributed by atoms with Crippen molar-refractivity contribution < 1.29 is 17.9 Å². The fourth-order valence-electron chi connectivity index (χ4n) is 3.19. The van der Waals surface area contributed by atoms with Crippen molar-refractivity contribution in [3.05, 3.63) is 34.7 Å². The van der Waals surface area contributed by atoms with Gasteiger partial charge in [0, 0.05) is 23.7 Å². The molecule has 0 aromatic carbocycles. The zero-order valence-corrected chi connectivity index (χ0v) is 16.1. The van der Waals surface area contributed by atoms with E-state index in [2.05, 4.69) is 21.6 Å². The number of hydrogen-bond acceptors (Lipinski definition) is 6. The Labute approximate surface area is 161 Å². The standard InChI is InChI=1S/C18H25F3N4OS/c1-23-16(18(20)21)17(27-2)14(10-22)25-7-4-12(5-8-25)11-26-15-9-13(19)3-6-24-15/h3,6,9,12,14,18H,1,4-5,7-8,10-11,22H2,2H3/b17-16-. The number of aromatic nitrogens is 1. The summed E-state index contributed by atoms with van der Waals surface area (Å²) < 4.78 is 45.2. The summed E-state index contributed by atoms with van der Waals surface area (Å²) in [5.41, 5.74) is 5.60. The lowest BCUT2D eigenvalue weighted by molar-refractivity contribution is 0.119. The van der Waals surface area contributed by atoms with Gasteiger partial charge in [-0.1, -0.05) is 0 Å². The van der Waals surface area contributed by atoms with E-state index in [0.717, 1.165) is 12.8 Å². The molecule has 0 bridgehead atoms. The normalized spacial score (nSPS) is 18.3. The molecule has 0 saturated carbocycles. The Bertz CT molecular complexity index is 651. The van der Waals surface area contributed by atoms with Crippen LogP contribution < -0.4 is 10.5 Å². The highest BCUT2D eigenvalue weighted by atomic mass is 32.2. The Balaban J connectivity index is 1.95. The topological polar surface area (TPSA) is 63.7 Å². The van der Waals surface area contributed by atoms with Crippen LogP contribution in [0.5, 0.6) is 5.88 Å². The van der Waals surface area contributed by atoms with Crippen LogP contribution >= 0.6 is 11.8 Å². The second kappa shape index (κ2) is 10.7. The van der Waals surface area contributed by atoms with Crippen molar-refractivity contribution in [2.75, 3.05) is 32.5 Å². The van der Waals surface area contributed by atoms with Gasteiger partial charge in [0.25, 0.3) is 6.43 Å². The van der Waals surface area contributed by atoms with E-state index < -0.39 is 6.43 Å². The smallest absolute Gasteiger partial charge is 0.281 e. The van der Waals surface area contributed by atoms with Gasteiger partial charge in [0.05, 0.1) is 12.6 Å². The lowest BCUT2D eigenvalue weighted by Gasteiger charge is -2.38. The van der Waals surface area contributed by atoms with Gasteiger partial charge in [-0.15, -0.1) is 11.8 Å². The third-order valence-corrected chi connectivity index (χ3v) is 5.55. The second-order valence-corrected chi connectivity index (χ2v) is 7.11.